The van der Waals surface area contributed by atoms with Gasteiger partial charge in [-0.3, -0.25) is 0 Å². The monoisotopic (exact) mass is 1200 g/mol. The summed E-state index contributed by atoms with van der Waals surface area (Å²) < 4.78 is 9.81. The van der Waals surface area contributed by atoms with Crippen LogP contribution < -0.4 is 0 Å². The standard InChI is InChI=1S/C90H62N4/c1-89(2)77-29-11-5-23-65(77)66-41-35-59(51-79(66)89)56-20-18-22-62(48-56)94-83-32-14-8-26-70(83)73-43-39-64(54-88(73)94)93-84-33-15-9-27-71(84)75-50-58(38-45-86(75)93)57-37-44-78-74(49-57)67-42-36-60(52-80(67)90(78,3)4)55-19-17-21-61(47-55)91-85-34-16-10-28-72(85)76-53-63(40-46-87(76)91)92-81-30-12-6-24-68(81)69-25-7-13-31-82(69)92/h5-54H,1-4H3. The smallest absolute Gasteiger partial charge is 0.0561 e. The topological polar surface area (TPSA) is 19.7 Å². The summed E-state index contributed by atoms with van der Waals surface area (Å²) in [6.07, 6.45) is 0. The average molecular weight is 1200 g/mol. The van der Waals surface area contributed by atoms with Gasteiger partial charge in [0.15, 0.2) is 0 Å². The molecule has 0 N–H and O–H groups in total. The molecule has 18 aromatic rings. The van der Waals surface area contributed by atoms with Crippen LogP contribution >= 0.6 is 0 Å². The first kappa shape index (κ1) is 53.0. The van der Waals surface area contributed by atoms with Crippen molar-refractivity contribution in [3.63, 3.8) is 0 Å². The third-order valence-electron chi connectivity index (χ3n) is 21.6. The molecule has 94 heavy (non-hydrogen) atoms. The minimum absolute atomic E-state index is 0.0743. The molecule has 0 saturated carbocycles. The van der Waals surface area contributed by atoms with Gasteiger partial charge in [0.05, 0.1) is 44.1 Å². The predicted molar refractivity (Wildman–Crippen MR) is 395 cm³/mol. The van der Waals surface area contributed by atoms with E-state index in [2.05, 4.69) is 349 Å². The number of hydrogen-bond donors (Lipinski definition) is 0. The van der Waals surface area contributed by atoms with Crippen molar-refractivity contribution >= 4 is 87.2 Å². The summed E-state index contributed by atoms with van der Waals surface area (Å²) in [6.45, 7) is 9.52. The summed E-state index contributed by atoms with van der Waals surface area (Å²) in [6, 6.07) is 114. The molecule has 0 unspecified atom stereocenters. The number of aromatic nitrogens is 4. The van der Waals surface area contributed by atoms with E-state index in [1.54, 1.807) is 0 Å². The Hall–Kier alpha value is -11.7. The molecule has 2 aliphatic carbocycles. The molecule has 2 aliphatic rings. The fourth-order valence-electron chi connectivity index (χ4n) is 17.0. The highest BCUT2D eigenvalue weighted by molar-refractivity contribution is 6.15. The van der Waals surface area contributed by atoms with Gasteiger partial charge in [-0.25, -0.2) is 0 Å². The Labute approximate surface area is 544 Å². The molecular weight excluding hydrogens is 1140 g/mol. The highest BCUT2D eigenvalue weighted by Crippen LogP contribution is 2.53. The molecule has 0 bridgehead atoms. The zero-order valence-electron chi connectivity index (χ0n) is 52.7. The van der Waals surface area contributed by atoms with Crippen LogP contribution in [0.5, 0.6) is 0 Å². The van der Waals surface area contributed by atoms with Gasteiger partial charge in [-0.05, 0) is 193 Å². The van der Waals surface area contributed by atoms with Crippen molar-refractivity contribution in [1.29, 1.82) is 0 Å². The fraction of sp³-hybridized carbons (Fsp3) is 0.0667. The van der Waals surface area contributed by atoms with Crippen molar-refractivity contribution in [2.45, 2.75) is 38.5 Å². The van der Waals surface area contributed by atoms with Gasteiger partial charge in [0.2, 0.25) is 0 Å². The van der Waals surface area contributed by atoms with Gasteiger partial charge in [-0.1, -0.05) is 216 Å². The lowest BCUT2D eigenvalue weighted by Gasteiger charge is -2.22. The SMILES string of the molecule is CC1(C)c2ccccc2-c2ccc(-c3cccc(-n4c5ccccc5c5ccc(-n6c7ccccc7c7cc(-c8ccc9c(c8)-c8ccc(-c%10cccc(-n%11c%12ccccc%12c%12cc(-n%13c%14ccccc%14c%14ccccc%14%13)ccc%12%11)c%10)cc8C9(C)C)ccc76)cc54)c3)cc21. The second-order valence-electron chi connectivity index (χ2n) is 27.2. The first-order chi connectivity index (χ1) is 46.1. The Balaban J connectivity index is 0.645. The van der Waals surface area contributed by atoms with Crippen LogP contribution in [-0.4, -0.2) is 18.3 Å². The largest absolute Gasteiger partial charge is 0.309 e. The highest BCUT2D eigenvalue weighted by atomic mass is 15.0. The van der Waals surface area contributed by atoms with Crippen LogP contribution in [0.2, 0.25) is 0 Å². The Bertz CT molecular complexity index is 6250. The molecule has 0 atom stereocenters. The molecule has 4 aromatic heterocycles. The van der Waals surface area contributed by atoms with Gasteiger partial charge in [0.1, 0.15) is 0 Å². The fourth-order valence-corrected chi connectivity index (χ4v) is 17.0. The van der Waals surface area contributed by atoms with Crippen LogP contribution in [0.15, 0.2) is 303 Å². The summed E-state index contributed by atoms with van der Waals surface area (Å²) >= 11 is 0. The van der Waals surface area contributed by atoms with Crippen molar-refractivity contribution < 1.29 is 0 Å². The molecule has 4 nitrogen and oxygen atoms in total. The number of rotatable bonds is 7. The minimum atomic E-state index is -0.197. The third-order valence-corrected chi connectivity index (χ3v) is 21.6. The van der Waals surface area contributed by atoms with Crippen molar-refractivity contribution in [3.05, 3.63) is 326 Å². The molecule has 0 saturated heterocycles. The Morgan fingerprint density at radius 2 is 0.521 bits per heavy atom. The van der Waals surface area contributed by atoms with Gasteiger partial charge < -0.3 is 18.3 Å². The van der Waals surface area contributed by atoms with Crippen molar-refractivity contribution in [1.82, 2.24) is 18.3 Å². The summed E-state index contributed by atoms with van der Waals surface area (Å²) in [5.74, 6) is 0. The van der Waals surface area contributed by atoms with Crippen molar-refractivity contribution in [2.24, 2.45) is 0 Å². The lowest BCUT2D eigenvalue weighted by Crippen LogP contribution is -2.15. The van der Waals surface area contributed by atoms with Gasteiger partial charge in [0, 0.05) is 76.7 Å². The predicted octanol–water partition coefficient (Wildman–Crippen LogP) is 23.7. The maximum atomic E-state index is 2.47. The molecule has 0 amide bonds. The Kier molecular flexibility index (Phi) is 10.9. The number of nitrogens with zero attached hydrogens (tertiary/aromatic N) is 4. The quantitative estimate of drug-likeness (QED) is 0.152. The van der Waals surface area contributed by atoms with E-state index in [1.807, 2.05) is 0 Å². The third kappa shape index (κ3) is 7.45. The molecule has 4 heterocycles. The lowest BCUT2D eigenvalue weighted by atomic mass is 9.81. The Morgan fingerprint density at radius 1 is 0.181 bits per heavy atom. The van der Waals surface area contributed by atoms with Crippen LogP contribution in [0.1, 0.15) is 49.9 Å². The van der Waals surface area contributed by atoms with E-state index in [4.69, 9.17) is 0 Å². The number of hydrogen-bond acceptors (Lipinski definition) is 0. The van der Waals surface area contributed by atoms with E-state index < -0.39 is 0 Å². The minimum Gasteiger partial charge on any atom is -0.309 e. The maximum Gasteiger partial charge on any atom is 0.0561 e. The lowest BCUT2D eigenvalue weighted by molar-refractivity contribution is 0.660. The van der Waals surface area contributed by atoms with Crippen LogP contribution in [0.4, 0.5) is 0 Å². The summed E-state index contributed by atoms with van der Waals surface area (Å²) in [5, 5.41) is 9.96. The second-order valence-corrected chi connectivity index (χ2v) is 27.2. The highest BCUT2D eigenvalue weighted by Gasteiger charge is 2.37. The molecule has 0 radical (unpaired) electrons. The van der Waals surface area contributed by atoms with E-state index in [9.17, 15) is 0 Å². The van der Waals surface area contributed by atoms with E-state index in [1.165, 1.54) is 165 Å². The number of fused-ring (bicyclic) bond motifs is 18. The zero-order valence-corrected chi connectivity index (χ0v) is 52.7. The maximum absolute atomic E-state index is 2.47. The van der Waals surface area contributed by atoms with E-state index in [-0.39, 0.29) is 10.8 Å². The molecule has 442 valence electrons. The van der Waals surface area contributed by atoms with Crippen LogP contribution in [0.25, 0.3) is 166 Å². The number of benzene rings is 14. The molecule has 0 spiro atoms. The van der Waals surface area contributed by atoms with E-state index in [0.717, 1.165) is 22.7 Å². The van der Waals surface area contributed by atoms with Crippen LogP contribution in [-0.2, 0) is 10.8 Å². The van der Waals surface area contributed by atoms with Crippen molar-refractivity contribution in [3.8, 4) is 78.4 Å². The van der Waals surface area contributed by atoms with E-state index >= 15 is 0 Å². The van der Waals surface area contributed by atoms with Gasteiger partial charge in [0.25, 0.3) is 0 Å². The summed E-state index contributed by atoms with van der Waals surface area (Å²) in [4.78, 5) is 0. The van der Waals surface area contributed by atoms with E-state index in [0.29, 0.717) is 0 Å². The Morgan fingerprint density at radius 3 is 1.07 bits per heavy atom. The van der Waals surface area contributed by atoms with Gasteiger partial charge >= 0.3 is 0 Å². The zero-order chi connectivity index (χ0) is 62.3. The van der Waals surface area contributed by atoms with Crippen LogP contribution in [0, 0.1) is 0 Å². The summed E-state index contributed by atoms with van der Waals surface area (Å²) in [7, 11) is 0. The van der Waals surface area contributed by atoms with Gasteiger partial charge in [-0.2, -0.15) is 0 Å². The molecule has 4 heteroatoms. The number of para-hydroxylation sites is 5. The summed E-state index contributed by atoms with van der Waals surface area (Å²) in [5.41, 5.74) is 31.9. The first-order valence-electron chi connectivity index (χ1n) is 33.0. The normalized spacial score (nSPS) is 13.7. The van der Waals surface area contributed by atoms with Crippen molar-refractivity contribution in [2.75, 3.05) is 0 Å². The molecule has 14 aromatic carbocycles. The van der Waals surface area contributed by atoms with Gasteiger partial charge in [-0.15, -0.1) is 0 Å². The molecule has 20 rings (SSSR count). The first-order valence-corrected chi connectivity index (χ1v) is 33.0. The molecular formula is C90H62N4. The molecule has 0 aliphatic heterocycles. The molecule has 0 fully saturated rings. The average Bonchev–Trinajstić information content (AvgIpc) is 1.60. The van der Waals surface area contributed by atoms with Crippen LogP contribution in [0.3, 0.4) is 0 Å². The second kappa shape index (κ2) is 19.4.